The summed E-state index contributed by atoms with van der Waals surface area (Å²) in [4.78, 5) is 21.3. The average molecular weight is 417 g/mol. The van der Waals surface area contributed by atoms with Crippen LogP contribution in [0, 0.1) is 0 Å². The summed E-state index contributed by atoms with van der Waals surface area (Å²) in [5.41, 5.74) is 2.19. The molecule has 9 nitrogen and oxygen atoms in total. The van der Waals surface area contributed by atoms with Crippen molar-refractivity contribution >= 4 is 16.8 Å². The molecule has 5 rings (SSSR count). The van der Waals surface area contributed by atoms with Crippen LogP contribution < -0.4 is 4.74 Å². The van der Waals surface area contributed by atoms with E-state index in [4.69, 9.17) is 4.74 Å². The average Bonchev–Trinajstić information content (AvgIpc) is 3.46. The Morgan fingerprint density at radius 2 is 1.87 bits per heavy atom. The Labute approximate surface area is 179 Å². The molecule has 3 aromatic heterocycles. The molecule has 1 aliphatic heterocycles. The Kier molecular flexibility index (Phi) is 4.85. The van der Waals surface area contributed by atoms with Crippen molar-refractivity contribution in [1.82, 2.24) is 34.7 Å². The number of hydrogen-bond acceptors (Lipinski definition) is 6. The number of nitrogens with zero attached hydrogens (tertiary/aromatic N) is 7. The number of amides is 1. The van der Waals surface area contributed by atoms with Crippen LogP contribution in [-0.2, 0) is 7.05 Å². The first kappa shape index (κ1) is 19.2. The molecule has 0 spiro atoms. The third-order valence-electron chi connectivity index (χ3n) is 5.79. The van der Waals surface area contributed by atoms with Gasteiger partial charge in [-0.1, -0.05) is 12.1 Å². The van der Waals surface area contributed by atoms with Crippen LogP contribution in [0.3, 0.4) is 0 Å². The largest absolute Gasteiger partial charge is 0.472 e. The minimum atomic E-state index is -0.145. The second-order valence-electron chi connectivity index (χ2n) is 7.78. The molecular weight excluding hydrogens is 394 g/mol. The number of aromatic nitrogens is 6. The molecule has 1 aromatic carbocycles. The maximum atomic E-state index is 13.5. The molecule has 158 valence electrons. The van der Waals surface area contributed by atoms with Gasteiger partial charge in [0.1, 0.15) is 6.10 Å². The number of likely N-dealkylation sites (tertiary alicyclic amines) is 1. The highest BCUT2D eigenvalue weighted by molar-refractivity contribution is 5.98. The molecular formula is C22H23N7O2. The summed E-state index contributed by atoms with van der Waals surface area (Å²) >= 11 is 0. The molecule has 1 fully saturated rings. The molecule has 9 heteroatoms. The van der Waals surface area contributed by atoms with Crippen molar-refractivity contribution in [2.24, 2.45) is 7.05 Å². The van der Waals surface area contributed by atoms with E-state index in [1.807, 2.05) is 42.3 Å². The van der Waals surface area contributed by atoms with Crippen LogP contribution in [0.1, 0.15) is 30.1 Å². The highest BCUT2D eigenvalue weighted by atomic mass is 16.5. The minimum Gasteiger partial charge on any atom is -0.472 e. The lowest BCUT2D eigenvalue weighted by Gasteiger charge is -2.38. The van der Waals surface area contributed by atoms with Gasteiger partial charge in [-0.15, -0.1) is 0 Å². The standard InChI is InChI=1S/C22H23N7O2/c1-15-7-8-16(31-21-18-13-26-27(2)19(18)9-10-23-21)14-28(15)22(30)17-5-3-4-6-20(17)29-24-11-12-25-29/h3-6,9-13,15-16H,7-8,14H2,1-2H3/t15-,16-/m1/s1. The van der Waals surface area contributed by atoms with E-state index in [0.717, 1.165) is 23.7 Å². The van der Waals surface area contributed by atoms with E-state index in [0.29, 0.717) is 23.7 Å². The normalized spacial score (nSPS) is 19.0. The Morgan fingerprint density at radius 3 is 2.71 bits per heavy atom. The Morgan fingerprint density at radius 1 is 1.06 bits per heavy atom. The summed E-state index contributed by atoms with van der Waals surface area (Å²) in [6, 6.07) is 9.41. The number of fused-ring (bicyclic) bond motifs is 1. The van der Waals surface area contributed by atoms with Gasteiger partial charge in [-0.05, 0) is 38.0 Å². The number of carbonyl (C=O) groups is 1. The molecule has 0 unspecified atom stereocenters. The molecule has 1 amide bonds. The smallest absolute Gasteiger partial charge is 0.256 e. The molecule has 0 N–H and O–H groups in total. The van der Waals surface area contributed by atoms with Gasteiger partial charge in [0.25, 0.3) is 5.91 Å². The number of aryl methyl sites for hydroxylation is 1. The molecule has 1 saturated heterocycles. The SMILES string of the molecule is C[C@@H]1CC[C@@H](Oc2nccc3c2cnn3C)CN1C(=O)c1ccccc1-n1nccn1. The number of ether oxygens (including phenoxy) is 1. The first-order chi connectivity index (χ1) is 15.1. The zero-order valence-electron chi connectivity index (χ0n) is 17.4. The molecule has 0 bridgehead atoms. The molecule has 31 heavy (non-hydrogen) atoms. The Balaban J connectivity index is 1.40. The second-order valence-corrected chi connectivity index (χ2v) is 7.78. The van der Waals surface area contributed by atoms with Gasteiger partial charge in [-0.2, -0.15) is 20.1 Å². The van der Waals surface area contributed by atoms with Crippen LogP contribution >= 0.6 is 0 Å². The lowest BCUT2D eigenvalue weighted by Crippen LogP contribution is -2.49. The van der Waals surface area contributed by atoms with Crippen LogP contribution in [0.2, 0.25) is 0 Å². The Hall–Kier alpha value is -3.75. The maximum Gasteiger partial charge on any atom is 0.256 e. The quantitative estimate of drug-likeness (QED) is 0.507. The van der Waals surface area contributed by atoms with Crippen molar-refractivity contribution in [3.8, 4) is 11.6 Å². The first-order valence-electron chi connectivity index (χ1n) is 10.3. The van der Waals surface area contributed by atoms with Crippen molar-refractivity contribution in [2.45, 2.75) is 31.9 Å². The molecule has 4 heterocycles. The van der Waals surface area contributed by atoms with Crippen LogP contribution in [-0.4, -0.2) is 59.3 Å². The number of carbonyl (C=O) groups excluding carboxylic acids is 1. The number of pyridine rings is 1. The number of benzene rings is 1. The number of para-hydroxylation sites is 1. The Bertz CT molecular complexity index is 1220. The van der Waals surface area contributed by atoms with Gasteiger partial charge in [-0.3, -0.25) is 9.48 Å². The van der Waals surface area contributed by atoms with Crippen LogP contribution in [0.4, 0.5) is 0 Å². The third kappa shape index (κ3) is 3.52. The van der Waals surface area contributed by atoms with E-state index in [2.05, 4.69) is 27.2 Å². The highest BCUT2D eigenvalue weighted by Crippen LogP contribution is 2.28. The topological polar surface area (TPSA) is 91.0 Å². The zero-order valence-corrected chi connectivity index (χ0v) is 17.4. The predicted octanol–water partition coefficient (Wildman–Crippen LogP) is 2.62. The van der Waals surface area contributed by atoms with Crippen molar-refractivity contribution in [3.05, 3.63) is 60.7 Å². The summed E-state index contributed by atoms with van der Waals surface area (Å²) in [5.74, 6) is 0.500. The van der Waals surface area contributed by atoms with E-state index in [-0.39, 0.29) is 18.1 Å². The van der Waals surface area contributed by atoms with Crippen LogP contribution in [0.5, 0.6) is 5.88 Å². The van der Waals surface area contributed by atoms with E-state index < -0.39 is 0 Å². The van der Waals surface area contributed by atoms with E-state index in [9.17, 15) is 4.79 Å². The van der Waals surface area contributed by atoms with Gasteiger partial charge in [0.2, 0.25) is 5.88 Å². The third-order valence-corrected chi connectivity index (χ3v) is 5.79. The zero-order chi connectivity index (χ0) is 21.4. The van der Waals surface area contributed by atoms with Crippen molar-refractivity contribution in [3.63, 3.8) is 0 Å². The summed E-state index contributed by atoms with van der Waals surface area (Å²) in [6.45, 7) is 2.56. The van der Waals surface area contributed by atoms with Crippen molar-refractivity contribution < 1.29 is 9.53 Å². The van der Waals surface area contributed by atoms with Crippen molar-refractivity contribution in [2.75, 3.05) is 6.54 Å². The van der Waals surface area contributed by atoms with Crippen LogP contribution in [0.25, 0.3) is 16.6 Å². The second kappa shape index (κ2) is 7.82. The summed E-state index contributed by atoms with van der Waals surface area (Å²) in [7, 11) is 1.89. The first-order valence-corrected chi connectivity index (χ1v) is 10.3. The lowest BCUT2D eigenvalue weighted by molar-refractivity contribution is 0.0377. The fourth-order valence-corrected chi connectivity index (χ4v) is 4.08. The van der Waals surface area contributed by atoms with Gasteiger partial charge < -0.3 is 9.64 Å². The van der Waals surface area contributed by atoms with Crippen LogP contribution in [0.15, 0.2) is 55.1 Å². The highest BCUT2D eigenvalue weighted by Gasteiger charge is 2.32. The molecule has 1 aliphatic rings. The number of hydrogen-bond donors (Lipinski definition) is 0. The maximum absolute atomic E-state index is 13.5. The van der Waals surface area contributed by atoms with Gasteiger partial charge in [0.05, 0.1) is 47.3 Å². The van der Waals surface area contributed by atoms with E-state index in [1.165, 1.54) is 4.80 Å². The predicted molar refractivity (Wildman–Crippen MR) is 114 cm³/mol. The fourth-order valence-electron chi connectivity index (χ4n) is 4.08. The summed E-state index contributed by atoms with van der Waals surface area (Å²) in [6.07, 6.45) is 8.24. The monoisotopic (exact) mass is 417 g/mol. The number of rotatable bonds is 4. The number of piperidine rings is 1. The molecule has 0 aliphatic carbocycles. The van der Waals surface area contributed by atoms with Crippen molar-refractivity contribution in [1.29, 1.82) is 0 Å². The summed E-state index contributed by atoms with van der Waals surface area (Å²) < 4.78 is 8.06. The van der Waals surface area contributed by atoms with Gasteiger partial charge >= 0.3 is 0 Å². The van der Waals surface area contributed by atoms with E-state index >= 15 is 0 Å². The molecule has 0 saturated carbocycles. The molecule has 0 radical (unpaired) electrons. The van der Waals surface area contributed by atoms with E-state index in [1.54, 1.807) is 29.5 Å². The van der Waals surface area contributed by atoms with Gasteiger partial charge in [-0.25, -0.2) is 4.98 Å². The van der Waals surface area contributed by atoms with Gasteiger partial charge in [0, 0.05) is 19.3 Å². The molecule has 4 aromatic rings. The minimum absolute atomic E-state index is 0.0544. The summed E-state index contributed by atoms with van der Waals surface area (Å²) in [5, 5.41) is 13.5. The fraction of sp³-hybridized carbons (Fsp3) is 0.318. The van der Waals surface area contributed by atoms with Gasteiger partial charge in [0.15, 0.2) is 0 Å². The molecule has 2 atom stereocenters. The lowest BCUT2D eigenvalue weighted by atomic mass is 9.99.